The Labute approximate surface area is 57.3 Å². The van der Waals surface area contributed by atoms with Crippen molar-refractivity contribution in [1.82, 2.24) is 0 Å². The van der Waals surface area contributed by atoms with E-state index >= 15 is 0 Å². The summed E-state index contributed by atoms with van der Waals surface area (Å²) in [4.78, 5) is 9.82. The highest BCUT2D eigenvalue weighted by atomic mass is 79.9. The summed E-state index contributed by atoms with van der Waals surface area (Å²) in [6.45, 7) is 0. The van der Waals surface area contributed by atoms with Crippen LogP contribution in [0, 0.1) is 0 Å². The normalized spacial score (nSPS) is 9.33. The molecule has 4 heteroatoms. The van der Waals surface area contributed by atoms with Crippen LogP contribution in [0.4, 0.5) is 0 Å². The van der Waals surface area contributed by atoms with Crippen LogP contribution in [-0.2, 0) is 4.79 Å². The van der Waals surface area contributed by atoms with E-state index in [-0.39, 0.29) is 0 Å². The van der Waals surface area contributed by atoms with Gasteiger partial charge >= 0.3 is 0 Å². The monoisotopic (exact) mass is 234 g/mol. The van der Waals surface area contributed by atoms with Gasteiger partial charge in [0.1, 0.15) is 3.74 Å². The molecule has 0 atom stereocenters. The van der Waals surface area contributed by atoms with E-state index in [0.717, 1.165) is 0 Å². The molecular weight excluding hydrogens is 235 g/mol. The predicted molar refractivity (Wildman–Crippen MR) is 32.5 cm³/mol. The van der Waals surface area contributed by atoms with E-state index in [1.54, 1.807) is 0 Å². The van der Waals surface area contributed by atoms with Gasteiger partial charge in [-0.1, -0.05) is 31.9 Å². The van der Waals surface area contributed by atoms with E-state index in [9.17, 15) is 4.79 Å². The number of hydrogen-bond acceptors (Lipinski definition) is 1. The molecule has 0 aliphatic carbocycles. The number of carbonyl (C=O) groups excluding carboxylic acids is 1. The Bertz CT molecular complexity index is 62.6. The van der Waals surface area contributed by atoms with Crippen LogP contribution in [0.2, 0.25) is 0 Å². The lowest BCUT2D eigenvalue weighted by Crippen LogP contribution is -1.93. The summed E-state index contributed by atoms with van der Waals surface area (Å²) in [6, 6.07) is 0. The minimum absolute atomic E-state index is 0.397. The number of hydrogen-bond donors (Lipinski definition) is 0. The molecule has 1 nitrogen and oxygen atoms in total. The van der Waals surface area contributed by atoms with Crippen molar-refractivity contribution in [2.24, 2.45) is 0 Å². The first-order chi connectivity index (χ1) is 2.64. The second kappa shape index (κ2) is 2.99. The molecule has 0 unspecified atom stereocenters. The van der Waals surface area contributed by atoms with Crippen LogP contribution in [0.1, 0.15) is 0 Å². The minimum Gasteiger partial charge on any atom is -0.279 e. The van der Waals surface area contributed by atoms with Gasteiger partial charge in [0.2, 0.25) is 5.24 Å². The van der Waals surface area contributed by atoms with Crippen molar-refractivity contribution in [2.45, 2.75) is 3.74 Å². The molecule has 0 saturated carbocycles. The van der Waals surface area contributed by atoms with Gasteiger partial charge in [-0.2, -0.15) is 0 Å². The van der Waals surface area contributed by atoms with Crippen molar-refractivity contribution < 1.29 is 4.79 Å². The molecule has 0 spiro atoms. The van der Waals surface area contributed by atoms with Crippen LogP contribution in [0.15, 0.2) is 0 Å². The van der Waals surface area contributed by atoms with Crippen molar-refractivity contribution in [3.63, 3.8) is 0 Å². The summed E-state index contributed by atoms with van der Waals surface area (Å²) >= 11 is 10.6. The lowest BCUT2D eigenvalue weighted by molar-refractivity contribution is -0.109. The first-order valence-corrected chi connectivity index (χ1v) is 3.33. The largest absolute Gasteiger partial charge is 0.279 e. The Balaban J connectivity index is 3.26. The molecule has 0 saturated heterocycles. The average Bonchev–Trinajstić information content (AvgIpc) is 1.36. The maximum atomic E-state index is 9.82. The predicted octanol–water partition coefficient (Wildman–Crippen LogP) is 1.87. The van der Waals surface area contributed by atoms with E-state index in [1.807, 2.05) is 0 Å². The standard InChI is InChI=1S/C2HBr2ClO/c3-1(4)2(5)6/h1H. The topological polar surface area (TPSA) is 17.1 Å². The lowest BCUT2D eigenvalue weighted by atomic mass is 10.9. The summed E-state index contributed by atoms with van der Waals surface area (Å²) in [6.07, 6.45) is 0. The maximum Gasteiger partial charge on any atom is 0.246 e. The van der Waals surface area contributed by atoms with Crippen molar-refractivity contribution >= 4 is 48.7 Å². The highest BCUT2D eigenvalue weighted by molar-refractivity contribution is 9.25. The molecule has 0 aromatic rings. The Kier molecular flexibility index (Phi) is 3.45. The van der Waals surface area contributed by atoms with E-state index in [4.69, 9.17) is 11.6 Å². The van der Waals surface area contributed by atoms with Crippen LogP contribution >= 0.6 is 43.5 Å². The fourth-order valence-corrected chi connectivity index (χ4v) is 0. The first-order valence-electron chi connectivity index (χ1n) is 1.12. The molecular formula is C2HBr2ClO. The molecule has 0 aromatic carbocycles. The minimum atomic E-state index is -0.435. The first kappa shape index (κ1) is 6.92. The van der Waals surface area contributed by atoms with E-state index in [1.165, 1.54) is 0 Å². The van der Waals surface area contributed by atoms with Crippen molar-refractivity contribution in [2.75, 3.05) is 0 Å². The van der Waals surface area contributed by atoms with Crippen molar-refractivity contribution in [3.05, 3.63) is 0 Å². The average molecular weight is 236 g/mol. The third-order valence-electron chi connectivity index (χ3n) is 0.172. The quantitative estimate of drug-likeness (QED) is 0.502. The SMILES string of the molecule is O=C(Cl)C(Br)Br. The van der Waals surface area contributed by atoms with Crippen LogP contribution in [0.5, 0.6) is 0 Å². The smallest absolute Gasteiger partial charge is 0.246 e. The molecule has 0 radical (unpaired) electrons. The molecule has 36 valence electrons. The maximum absolute atomic E-state index is 9.82. The van der Waals surface area contributed by atoms with Gasteiger partial charge in [-0.15, -0.1) is 0 Å². The Hall–Kier alpha value is 0.920. The van der Waals surface area contributed by atoms with Gasteiger partial charge < -0.3 is 0 Å². The van der Waals surface area contributed by atoms with Gasteiger partial charge in [0.25, 0.3) is 0 Å². The summed E-state index contributed by atoms with van der Waals surface area (Å²) in [5, 5.41) is -0.435. The molecule has 0 N–H and O–H groups in total. The van der Waals surface area contributed by atoms with Crippen LogP contribution in [0.3, 0.4) is 0 Å². The van der Waals surface area contributed by atoms with E-state index < -0.39 is 8.98 Å². The Morgan fingerprint density at radius 2 is 1.83 bits per heavy atom. The van der Waals surface area contributed by atoms with Gasteiger partial charge in [0.05, 0.1) is 0 Å². The number of alkyl halides is 2. The fourth-order valence-electron chi connectivity index (χ4n) is 0. The zero-order valence-electron chi connectivity index (χ0n) is 2.62. The second-order valence-electron chi connectivity index (χ2n) is 0.605. The third-order valence-corrected chi connectivity index (χ3v) is 1.75. The molecule has 0 aromatic heterocycles. The van der Waals surface area contributed by atoms with E-state index in [2.05, 4.69) is 31.9 Å². The molecule has 6 heavy (non-hydrogen) atoms. The van der Waals surface area contributed by atoms with Gasteiger partial charge in [0.15, 0.2) is 0 Å². The number of halogens is 3. The van der Waals surface area contributed by atoms with E-state index in [0.29, 0.717) is 0 Å². The Morgan fingerprint density at radius 3 is 1.83 bits per heavy atom. The molecule has 0 rings (SSSR count). The number of rotatable bonds is 1. The highest BCUT2D eigenvalue weighted by Crippen LogP contribution is 2.10. The highest BCUT2D eigenvalue weighted by Gasteiger charge is 2.03. The zero-order valence-corrected chi connectivity index (χ0v) is 6.55. The number of carbonyl (C=O) groups is 1. The van der Waals surface area contributed by atoms with Crippen molar-refractivity contribution in [3.8, 4) is 0 Å². The zero-order chi connectivity index (χ0) is 5.15. The van der Waals surface area contributed by atoms with Crippen LogP contribution in [-0.4, -0.2) is 8.98 Å². The molecule has 0 aliphatic heterocycles. The summed E-state index contributed by atoms with van der Waals surface area (Å²) in [5.74, 6) is 0. The molecule has 0 fully saturated rings. The Morgan fingerprint density at radius 1 is 1.67 bits per heavy atom. The van der Waals surface area contributed by atoms with Crippen LogP contribution < -0.4 is 0 Å². The van der Waals surface area contributed by atoms with Crippen LogP contribution in [0.25, 0.3) is 0 Å². The third kappa shape index (κ3) is 3.12. The summed E-state index contributed by atoms with van der Waals surface area (Å²) < 4.78 is -0.397. The summed E-state index contributed by atoms with van der Waals surface area (Å²) in [7, 11) is 0. The molecule has 0 aliphatic rings. The fraction of sp³-hybridized carbons (Fsp3) is 0.500. The second-order valence-corrected chi connectivity index (χ2v) is 4.04. The van der Waals surface area contributed by atoms with Gasteiger partial charge in [-0.3, -0.25) is 4.79 Å². The molecule has 0 amide bonds. The summed E-state index contributed by atoms with van der Waals surface area (Å²) in [5.41, 5.74) is 0. The van der Waals surface area contributed by atoms with Gasteiger partial charge in [-0.05, 0) is 11.6 Å². The molecule has 0 bridgehead atoms. The lowest BCUT2D eigenvalue weighted by Gasteiger charge is -1.83. The molecule has 0 heterocycles. The van der Waals surface area contributed by atoms with Gasteiger partial charge in [-0.25, -0.2) is 0 Å². The van der Waals surface area contributed by atoms with Crippen molar-refractivity contribution in [1.29, 1.82) is 0 Å². The van der Waals surface area contributed by atoms with Gasteiger partial charge in [0, 0.05) is 0 Å².